The van der Waals surface area contributed by atoms with Crippen LogP contribution in [0.4, 0.5) is 5.82 Å². The summed E-state index contributed by atoms with van der Waals surface area (Å²) in [6.07, 6.45) is 4.53. The van der Waals surface area contributed by atoms with Gasteiger partial charge >= 0.3 is 0 Å². The van der Waals surface area contributed by atoms with Crippen molar-refractivity contribution in [1.82, 2.24) is 14.4 Å². The quantitative estimate of drug-likeness (QED) is 0.417. The van der Waals surface area contributed by atoms with Crippen molar-refractivity contribution in [1.29, 1.82) is 0 Å². The minimum Gasteiger partial charge on any atom is -0.393 e. The summed E-state index contributed by atoms with van der Waals surface area (Å²) in [5.41, 5.74) is 14.6. The van der Waals surface area contributed by atoms with E-state index < -0.39 is 5.91 Å². The third kappa shape index (κ3) is 3.56. The lowest BCUT2D eigenvalue weighted by Crippen LogP contribution is -2.27. The minimum absolute atomic E-state index is 0.160. The predicted octanol–water partition coefficient (Wildman–Crippen LogP) is 1.94. The summed E-state index contributed by atoms with van der Waals surface area (Å²) in [4.78, 5) is 21.4. The number of imidazole rings is 1. The van der Waals surface area contributed by atoms with Gasteiger partial charge in [-0.05, 0) is 29.5 Å². The van der Waals surface area contributed by atoms with Crippen molar-refractivity contribution in [2.75, 3.05) is 5.73 Å². The Hall–Kier alpha value is -3.28. The van der Waals surface area contributed by atoms with E-state index in [0.717, 1.165) is 22.0 Å². The third-order valence-electron chi connectivity index (χ3n) is 5.70. The zero-order chi connectivity index (χ0) is 21.5. The maximum absolute atomic E-state index is 12.3. The number of nitrogens with zero attached hydrogens (tertiary/aromatic N) is 3. The first-order valence-electron chi connectivity index (χ1n) is 10.1. The van der Waals surface area contributed by atoms with E-state index in [-0.39, 0.29) is 12.0 Å². The van der Waals surface area contributed by atoms with Crippen LogP contribution in [-0.4, -0.2) is 31.5 Å². The molecule has 0 aliphatic heterocycles. The number of carbonyl (C=O) groups is 1. The molecule has 0 radical (unpaired) electrons. The average Bonchev–Trinajstić information content (AvgIpc) is 3.13. The van der Waals surface area contributed by atoms with E-state index in [1.54, 1.807) is 12.3 Å². The largest absolute Gasteiger partial charge is 0.393 e. The normalized spacial score (nSPS) is 18.5. The van der Waals surface area contributed by atoms with Gasteiger partial charge in [-0.2, -0.15) is 0 Å². The van der Waals surface area contributed by atoms with Crippen molar-refractivity contribution in [3.05, 3.63) is 72.3 Å². The Bertz CT molecular complexity index is 1280. The molecule has 5 N–H and O–H groups in total. The van der Waals surface area contributed by atoms with Crippen LogP contribution in [-0.2, 0) is 0 Å². The van der Waals surface area contributed by atoms with E-state index in [1.165, 1.54) is 0 Å². The van der Waals surface area contributed by atoms with E-state index >= 15 is 0 Å². The van der Waals surface area contributed by atoms with Crippen LogP contribution in [0.2, 0.25) is 0 Å². The van der Waals surface area contributed by atoms with Gasteiger partial charge in [0.1, 0.15) is 22.9 Å². The number of aliphatic hydroxyl groups excluding tert-OH is 1. The third-order valence-corrected chi connectivity index (χ3v) is 7.03. The van der Waals surface area contributed by atoms with Crippen LogP contribution in [0.5, 0.6) is 0 Å². The number of fused-ring (bicyclic) bond motifs is 1. The molecule has 2 aromatic heterocycles. The van der Waals surface area contributed by atoms with Crippen LogP contribution in [0.15, 0.2) is 60.9 Å². The van der Waals surface area contributed by atoms with E-state index in [4.69, 9.17) is 16.5 Å². The Morgan fingerprint density at radius 1 is 1.16 bits per heavy atom. The Balaban J connectivity index is 1.62. The lowest BCUT2D eigenvalue weighted by Gasteiger charge is -2.30. The van der Waals surface area contributed by atoms with Gasteiger partial charge in [0, 0.05) is 29.4 Å². The molecule has 4 aromatic rings. The van der Waals surface area contributed by atoms with Crippen molar-refractivity contribution in [3.8, 4) is 11.3 Å². The number of hydrogen-bond acceptors (Lipinski definition) is 5. The highest BCUT2D eigenvalue weighted by Crippen LogP contribution is 2.39. The van der Waals surface area contributed by atoms with Crippen molar-refractivity contribution < 1.29 is 9.90 Å². The molecule has 1 aliphatic carbocycles. The summed E-state index contributed by atoms with van der Waals surface area (Å²) in [6, 6.07) is 15.7. The monoisotopic (exact) mass is 431 g/mol. The molecule has 156 valence electrons. The number of hydrogen-bond donors (Lipinski definition) is 3. The number of primary amides is 1. The first-order chi connectivity index (χ1) is 15.0. The highest BCUT2D eigenvalue weighted by molar-refractivity contribution is 7.55. The number of anilines is 1. The smallest absolute Gasteiger partial charge is 0.249 e. The van der Waals surface area contributed by atoms with E-state index in [1.807, 2.05) is 53.1 Å². The second-order valence-corrected chi connectivity index (χ2v) is 9.15. The molecular weight excluding hydrogens is 409 g/mol. The van der Waals surface area contributed by atoms with Crippen molar-refractivity contribution in [2.45, 2.75) is 24.9 Å². The lowest BCUT2D eigenvalue weighted by atomic mass is 9.82. The molecule has 1 fully saturated rings. The van der Waals surface area contributed by atoms with Gasteiger partial charge in [-0.1, -0.05) is 51.0 Å². The highest BCUT2D eigenvalue weighted by atomic mass is 31.1. The molecular formula is C23H22N5O2P. The molecule has 2 heterocycles. The van der Waals surface area contributed by atoms with Gasteiger partial charge in [-0.25, -0.2) is 9.97 Å². The SMILES string of the molecule is NC(=O)c1cc(-c2nc(C3CC(O)C3)n3ccnc(N)c23)ccc1Pc1ccccc1. The van der Waals surface area contributed by atoms with E-state index in [0.29, 0.717) is 44.0 Å². The van der Waals surface area contributed by atoms with Crippen LogP contribution in [0, 0.1) is 0 Å². The first kappa shape index (κ1) is 19.7. The Morgan fingerprint density at radius 2 is 1.94 bits per heavy atom. The highest BCUT2D eigenvalue weighted by Gasteiger charge is 2.33. The summed E-state index contributed by atoms with van der Waals surface area (Å²) < 4.78 is 1.94. The second kappa shape index (κ2) is 7.76. The van der Waals surface area contributed by atoms with Gasteiger partial charge in [0.25, 0.3) is 0 Å². The van der Waals surface area contributed by atoms with Gasteiger partial charge in [-0.3, -0.25) is 9.20 Å². The standard InChI is InChI=1S/C23H22N5O2P/c24-21-20-19(27-23(14-10-15(29)11-14)28(20)9-8-26-21)13-6-7-18(17(12-13)22(25)30)31-16-4-2-1-3-5-16/h1-9,12,14-15,29,31H,10-11H2,(H2,24,26)(H2,25,30). The molecule has 7 nitrogen and oxygen atoms in total. The molecule has 2 aromatic carbocycles. The molecule has 0 bridgehead atoms. The number of carbonyl (C=O) groups excluding carboxylic acids is 1. The van der Waals surface area contributed by atoms with Crippen LogP contribution in [0.3, 0.4) is 0 Å². The minimum atomic E-state index is -0.475. The van der Waals surface area contributed by atoms with Crippen LogP contribution in [0.1, 0.15) is 34.9 Å². The summed E-state index contributed by atoms with van der Waals surface area (Å²) in [5.74, 6) is 0.900. The second-order valence-electron chi connectivity index (χ2n) is 7.79. The molecule has 8 heteroatoms. The molecule has 1 atom stereocenters. The van der Waals surface area contributed by atoms with Crippen LogP contribution < -0.4 is 22.1 Å². The van der Waals surface area contributed by atoms with Crippen molar-refractivity contribution in [3.63, 3.8) is 0 Å². The van der Waals surface area contributed by atoms with Crippen LogP contribution in [0.25, 0.3) is 16.8 Å². The number of amides is 1. The molecule has 1 saturated carbocycles. The molecule has 1 aliphatic rings. The van der Waals surface area contributed by atoms with Crippen LogP contribution >= 0.6 is 8.58 Å². The van der Waals surface area contributed by atoms with Crippen molar-refractivity contribution in [2.24, 2.45) is 5.73 Å². The number of rotatable bonds is 5. The Morgan fingerprint density at radius 3 is 2.65 bits per heavy atom. The van der Waals surface area contributed by atoms with Gasteiger partial charge in [0.15, 0.2) is 0 Å². The number of nitrogen functional groups attached to an aromatic ring is 1. The van der Waals surface area contributed by atoms with Gasteiger partial charge in [0.2, 0.25) is 5.91 Å². The number of aliphatic hydroxyl groups is 1. The summed E-state index contributed by atoms with van der Waals surface area (Å²) in [5, 5.41) is 11.8. The number of aromatic nitrogens is 3. The van der Waals surface area contributed by atoms with Gasteiger partial charge in [0.05, 0.1) is 6.10 Å². The molecule has 0 spiro atoms. The summed E-state index contributed by atoms with van der Waals surface area (Å²) >= 11 is 0. The zero-order valence-electron chi connectivity index (χ0n) is 16.7. The topological polar surface area (TPSA) is 120 Å². The fourth-order valence-corrected chi connectivity index (χ4v) is 5.22. The lowest BCUT2D eigenvalue weighted by molar-refractivity contribution is 0.0715. The predicted molar refractivity (Wildman–Crippen MR) is 123 cm³/mol. The summed E-state index contributed by atoms with van der Waals surface area (Å²) in [6.45, 7) is 0. The molecule has 5 rings (SSSR count). The average molecular weight is 431 g/mol. The molecule has 31 heavy (non-hydrogen) atoms. The van der Waals surface area contributed by atoms with Crippen molar-refractivity contribution >= 4 is 36.4 Å². The van der Waals surface area contributed by atoms with E-state index in [2.05, 4.69) is 4.98 Å². The summed E-state index contributed by atoms with van der Waals surface area (Å²) in [7, 11) is 0.317. The number of benzene rings is 2. The molecule has 1 unspecified atom stereocenters. The Labute approximate surface area is 180 Å². The van der Waals surface area contributed by atoms with E-state index in [9.17, 15) is 9.90 Å². The Kier molecular flexibility index (Phi) is 4.93. The maximum Gasteiger partial charge on any atom is 0.249 e. The maximum atomic E-state index is 12.3. The molecule has 0 saturated heterocycles. The van der Waals surface area contributed by atoms with Gasteiger partial charge in [-0.15, -0.1) is 0 Å². The first-order valence-corrected chi connectivity index (χ1v) is 11.1. The zero-order valence-corrected chi connectivity index (χ0v) is 17.7. The number of nitrogens with two attached hydrogens (primary N) is 2. The molecule has 1 amide bonds. The fourth-order valence-electron chi connectivity index (χ4n) is 4.06. The van der Waals surface area contributed by atoms with Gasteiger partial charge < -0.3 is 16.6 Å². The fraction of sp³-hybridized carbons (Fsp3) is 0.174.